The number of aromatic nitrogens is 1. The summed E-state index contributed by atoms with van der Waals surface area (Å²) in [5.74, 6) is -0.553. The van der Waals surface area contributed by atoms with Gasteiger partial charge in [0.05, 0.1) is 18.7 Å². The molecule has 0 radical (unpaired) electrons. The number of hydrogen-bond donors (Lipinski definition) is 1. The maximum absolute atomic E-state index is 12.8. The van der Waals surface area contributed by atoms with Gasteiger partial charge in [-0.25, -0.2) is 4.98 Å². The predicted octanol–water partition coefficient (Wildman–Crippen LogP) is 3.06. The molecule has 0 saturated heterocycles. The molecule has 1 heterocycles. The quantitative estimate of drug-likeness (QED) is 0.496. The molecule has 0 spiro atoms. The van der Waals surface area contributed by atoms with Gasteiger partial charge < -0.3 is 19.9 Å². The normalized spacial score (nSPS) is 10.6. The van der Waals surface area contributed by atoms with Crippen LogP contribution in [-0.2, 0) is 20.7 Å². The van der Waals surface area contributed by atoms with Gasteiger partial charge in [0.1, 0.15) is 6.54 Å². The minimum absolute atomic E-state index is 0.0380. The highest BCUT2D eigenvalue weighted by Crippen LogP contribution is 2.17. The Hall–Kier alpha value is -2.78. The maximum atomic E-state index is 12.8. The second-order valence-corrected chi connectivity index (χ2v) is 8.19. The van der Waals surface area contributed by atoms with Crippen molar-refractivity contribution in [1.82, 2.24) is 14.8 Å². The Balaban J connectivity index is 1.96. The molecule has 2 rings (SSSR count). The highest BCUT2D eigenvalue weighted by molar-refractivity contribution is 7.13. The lowest BCUT2D eigenvalue weighted by Crippen LogP contribution is -2.40. The van der Waals surface area contributed by atoms with E-state index in [2.05, 4.69) is 10.3 Å². The molecule has 2 aromatic rings. The number of nitrogens with one attached hydrogen (secondary N) is 1. The van der Waals surface area contributed by atoms with Crippen molar-refractivity contribution in [3.05, 3.63) is 47.0 Å². The topological polar surface area (TPSA) is 91.8 Å². The van der Waals surface area contributed by atoms with Crippen LogP contribution in [0.25, 0.3) is 0 Å². The molecule has 0 aliphatic carbocycles. The summed E-state index contributed by atoms with van der Waals surface area (Å²) >= 11 is 1.27. The third-order valence-corrected chi connectivity index (χ3v) is 5.48. The number of hydrogen-bond acceptors (Lipinski definition) is 6. The van der Waals surface area contributed by atoms with Gasteiger partial charge in [-0.1, -0.05) is 32.0 Å². The summed E-state index contributed by atoms with van der Waals surface area (Å²) in [4.78, 5) is 45.5. The van der Waals surface area contributed by atoms with Gasteiger partial charge in [-0.3, -0.25) is 14.4 Å². The van der Waals surface area contributed by atoms with Crippen LogP contribution in [0.4, 0.5) is 5.13 Å². The van der Waals surface area contributed by atoms with Crippen LogP contribution in [0.1, 0.15) is 42.7 Å². The molecular formula is C23H32N4O4S. The summed E-state index contributed by atoms with van der Waals surface area (Å²) in [6.45, 7) is 6.04. The van der Waals surface area contributed by atoms with E-state index in [-0.39, 0.29) is 30.7 Å². The lowest BCUT2D eigenvalue weighted by molar-refractivity contribution is -0.130. The van der Waals surface area contributed by atoms with E-state index in [0.717, 1.165) is 25.9 Å². The molecular weight excluding hydrogens is 428 g/mol. The van der Waals surface area contributed by atoms with Gasteiger partial charge in [0.2, 0.25) is 11.8 Å². The number of rotatable bonds is 13. The Morgan fingerprint density at radius 1 is 1.03 bits per heavy atom. The highest BCUT2D eigenvalue weighted by Gasteiger charge is 2.20. The first-order valence-electron chi connectivity index (χ1n) is 10.8. The summed E-state index contributed by atoms with van der Waals surface area (Å²) < 4.78 is 5.08. The van der Waals surface area contributed by atoms with Crippen LogP contribution >= 0.6 is 11.3 Å². The molecule has 32 heavy (non-hydrogen) atoms. The first kappa shape index (κ1) is 25.5. The Bertz CT molecular complexity index is 866. The van der Waals surface area contributed by atoms with Crippen molar-refractivity contribution in [2.75, 3.05) is 45.2 Å². The predicted molar refractivity (Wildman–Crippen MR) is 126 cm³/mol. The van der Waals surface area contributed by atoms with Crippen LogP contribution < -0.4 is 5.32 Å². The smallest absolute Gasteiger partial charge is 0.254 e. The summed E-state index contributed by atoms with van der Waals surface area (Å²) in [6, 6.07) is 8.82. The minimum atomic E-state index is -0.351. The number of methoxy groups -OCH3 is 1. The van der Waals surface area contributed by atoms with Crippen molar-refractivity contribution in [1.29, 1.82) is 0 Å². The Labute approximate surface area is 193 Å². The van der Waals surface area contributed by atoms with Crippen LogP contribution in [0.15, 0.2) is 35.7 Å². The van der Waals surface area contributed by atoms with Crippen LogP contribution in [0.3, 0.4) is 0 Å². The number of ether oxygens (including phenoxy) is 1. The van der Waals surface area contributed by atoms with Crippen LogP contribution in [0.2, 0.25) is 0 Å². The van der Waals surface area contributed by atoms with Crippen LogP contribution in [0.5, 0.6) is 0 Å². The molecule has 0 unspecified atom stereocenters. The number of nitrogens with zero attached hydrogens (tertiary/aromatic N) is 3. The van der Waals surface area contributed by atoms with E-state index in [1.165, 1.54) is 16.2 Å². The van der Waals surface area contributed by atoms with Crippen molar-refractivity contribution in [3.8, 4) is 0 Å². The van der Waals surface area contributed by atoms with Gasteiger partial charge in [0, 0.05) is 37.7 Å². The monoisotopic (exact) mass is 460 g/mol. The zero-order valence-electron chi connectivity index (χ0n) is 19.0. The maximum Gasteiger partial charge on any atom is 0.254 e. The van der Waals surface area contributed by atoms with Crippen molar-refractivity contribution in [2.24, 2.45) is 0 Å². The minimum Gasteiger partial charge on any atom is -0.383 e. The summed E-state index contributed by atoms with van der Waals surface area (Å²) in [6.07, 6.45) is 2.02. The molecule has 8 nitrogen and oxygen atoms in total. The molecule has 0 aliphatic rings. The van der Waals surface area contributed by atoms with Gasteiger partial charge >= 0.3 is 0 Å². The second-order valence-electron chi connectivity index (χ2n) is 7.34. The number of anilines is 1. The first-order valence-corrected chi connectivity index (χ1v) is 11.7. The molecule has 174 valence electrons. The number of amides is 3. The molecule has 0 saturated carbocycles. The van der Waals surface area contributed by atoms with E-state index >= 15 is 0 Å². The molecule has 0 bridgehead atoms. The standard InChI is InChI=1S/C23H32N4O4S/c1-4-11-26(12-5-2)21(29)15-19-17-32-23(24-19)25-20(28)16-27(13-14-31-3)22(30)18-9-7-6-8-10-18/h6-10,17H,4-5,11-16H2,1-3H3,(H,24,25,28). The summed E-state index contributed by atoms with van der Waals surface area (Å²) in [5.41, 5.74) is 1.14. The number of benzene rings is 1. The van der Waals surface area contributed by atoms with Crippen LogP contribution in [0, 0.1) is 0 Å². The van der Waals surface area contributed by atoms with E-state index in [0.29, 0.717) is 29.5 Å². The average Bonchev–Trinajstić information content (AvgIpc) is 3.22. The fraction of sp³-hybridized carbons (Fsp3) is 0.478. The van der Waals surface area contributed by atoms with Crippen molar-refractivity contribution < 1.29 is 19.1 Å². The van der Waals surface area contributed by atoms with Crippen molar-refractivity contribution in [3.63, 3.8) is 0 Å². The van der Waals surface area contributed by atoms with Gasteiger partial charge in [0.15, 0.2) is 5.13 Å². The molecule has 3 amide bonds. The Morgan fingerprint density at radius 2 is 1.72 bits per heavy atom. The zero-order chi connectivity index (χ0) is 23.3. The molecule has 0 aliphatic heterocycles. The van der Waals surface area contributed by atoms with E-state index in [1.807, 2.05) is 24.8 Å². The van der Waals surface area contributed by atoms with Gasteiger partial charge in [-0.2, -0.15) is 0 Å². The second kappa shape index (κ2) is 13.6. The fourth-order valence-electron chi connectivity index (χ4n) is 3.16. The number of carbonyl (C=O) groups excluding carboxylic acids is 3. The highest BCUT2D eigenvalue weighted by atomic mass is 32.1. The number of thiazole rings is 1. The average molecular weight is 461 g/mol. The van der Waals surface area contributed by atoms with Crippen molar-refractivity contribution >= 4 is 34.2 Å². The molecule has 1 N–H and O–H groups in total. The largest absolute Gasteiger partial charge is 0.383 e. The molecule has 0 fully saturated rings. The molecule has 9 heteroatoms. The molecule has 1 aromatic carbocycles. The fourth-order valence-corrected chi connectivity index (χ4v) is 3.89. The van der Waals surface area contributed by atoms with E-state index in [9.17, 15) is 14.4 Å². The van der Waals surface area contributed by atoms with Crippen LogP contribution in [-0.4, -0.2) is 72.4 Å². The zero-order valence-corrected chi connectivity index (χ0v) is 19.8. The first-order chi connectivity index (χ1) is 15.5. The van der Waals surface area contributed by atoms with E-state index < -0.39 is 0 Å². The lowest BCUT2D eigenvalue weighted by atomic mass is 10.2. The van der Waals surface area contributed by atoms with Gasteiger partial charge in [-0.15, -0.1) is 11.3 Å². The van der Waals surface area contributed by atoms with E-state index in [1.54, 1.807) is 36.8 Å². The number of carbonyl (C=O) groups is 3. The lowest BCUT2D eigenvalue weighted by Gasteiger charge is -2.21. The van der Waals surface area contributed by atoms with Crippen molar-refractivity contribution in [2.45, 2.75) is 33.1 Å². The molecule has 0 atom stereocenters. The third-order valence-electron chi connectivity index (χ3n) is 4.68. The molecule has 1 aromatic heterocycles. The third kappa shape index (κ3) is 8.05. The van der Waals surface area contributed by atoms with E-state index in [4.69, 9.17) is 4.74 Å². The Kier molecular flexibility index (Phi) is 10.8. The SMILES string of the molecule is CCCN(CCC)C(=O)Cc1csc(NC(=O)CN(CCOC)C(=O)c2ccccc2)n1. The van der Waals surface area contributed by atoms with Gasteiger partial charge in [-0.05, 0) is 25.0 Å². The summed E-state index contributed by atoms with van der Waals surface area (Å²) in [7, 11) is 1.55. The van der Waals surface area contributed by atoms with Gasteiger partial charge in [0.25, 0.3) is 5.91 Å². The summed E-state index contributed by atoms with van der Waals surface area (Å²) in [5, 5.41) is 4.93. The Morgan fingerprint density at radius 3 is 2.34 bits per heavy atom.